The van der Waals surface area contributed by atoms with Crippen LogP contribution in [-0.4, -0.2) is 29.8 Å². The summed E-state index contributed by atoms with van der Waals surface area (Å²) in [4.78, 5) is 21.9. The van der Waals surface area contributed by atoms with Crippen molar-refractivity contribution in [1.29, 1.82) is 0 Å². The highest BCUT2D eigenvalue weighted by atomic mass is 79.9. The van der Waals surface area contributed by atoms with Crippen molar-refractivity contribution in [2.45, 2.75) is 0 Å². The van der Waals surface area contributed by atoms with Gasteiger partial charge in [0.15, 0.2) is 0 Å². The molecule has 1 heterocycles. The maximum atomic E-state index is 10.1. The van der Waals surface area contributed by atoms with Gasteiger partial charge in [-0.3, -0.25) is 0 Å². The molecule has 0 aromatic carbocycles. The number of nitrogens with one attached hydrogen (secondary N) is 2. The van der Waals surface area contributed by atoms with Crippen LogP contribution in [0.3, 0.4) is 0 Å². The Hall–Kier alpha value is -2.11. The van der Waals surface area contributed by atoms with Gasteiger partial charge >= 0.3 is 16.6 Å². The molecular formula is C3H2BrN7O4. The minimum absolute atomic E-state index is 0.180. The molecule has 0 saturated carbocycles. The highest BCUT2D eigenvalue weighted by Crippen LogP contribution is 2.05. The minimum Gasteiger partial charge on any atom is -0.390 e. The van der Waals surface area contributed by atoms with Crippen LogP contribution < -0.4 is 5.43 Å². The highest BCUT2D eigenvalue weighted by Gasteiger charge is 2.16. The zero-order valence-electron chi connectivity index (χ0n) is 6.75. The van der Waals surface area contributed by atoms with E-state index in [2.05, 4.69) is 41.6 Å². The first-order chi connectivity index (χ1) is 7.00. The summed E-state index contributed by atoms with van der Waals surface area (Å²) in [6, 6.07) is 0. The molecule has 0 unspecified atom stereocenters. The van der Waals surface area contributed by atoms with Gasteiger partial charge in [-0.05, 0) is 14.8 Å². The fraction of sp³-hybridized carbons (Fsp3) is 0. The molecule has 0 atom stereocenters. The van der Waals surface area contributed by atoms with Crippen LogP contribution in [0.25, 0.3) is 0 Å². The van der Waals surface area contributed by atoms with E-state index in [4.69, 9.17) is 0 Å². The van der Waals surface area contributed by atoms with E-state index in [0.717, 1.165) is 0 Å². The number of aromatic amines is 1. The lowest BCUT2D eigenvalue weighted by atomic mass is 11.0. The normalized spacial score (nSPS) is 11.1. The molecule has 0 amide bonds. The van der Waals surface area contributed by atoms with E-state index in [9.17, 15) is 20.2 Å². The lowest BCUT2D eigenvalue weighted by Gasteiger charge is -1.86. The van der Waals surface area contributed by atoms with Gasteiger partial charge in [-0.1, -0.05) is 0 Å². The fourth-order valence-corrected chi connectivity index (χ4v) is 0.613. The molecule has 0 radical (unpaired) electrons. The molecule has 0 bridgehead atoms. The Bertz CT molecular complexity index is 426. The molecule has 0 aliphatic carbocycles. The Morgan fingerprint density at radius 2 is 2.20 bits per heavy atom. The van der Waals surface area contributed by atoms with Crippen molar-refractivity contribution in [2.24, 2.45) is 5.10 Å². The fourth-order valence-electron chi connectivity index (χ4n) is 0.525. The van der Waals surface area contributed by atoms with Gasteiger partial charge in [0.05, 0.1) is 21.0 Å². The van der Waals surface area contributed by atoms with E-state index in [1.807, 2.05) is 0 Å². The van der Waals surface area contributed by atoms with Crippen molar-refractivity contribution in [3.63, 3.8) is 0 Å². The Kier molecular flexibility index (Phi) is 3.22. The van der Waals surface area contributed by atoms with Crippen molar-refractivity contribution in [3.8, 4) is 0 Å². The van der Waals surface area contributed by atoms with Gasteiger partial charge in [-0.15, -0.1) is 5.43 Å². The number of amidine groups is 1. The van der Waals surface area contributed by atoms with Gasteiger partial charge in [0.2, 0.25) is 0 Å². The molecule has 2 N–H and O–H groups in total. The summed E-state index contributed by atoms with van der Waals surface area (Å²) >= 11 is 2.53. The first-order valence-corrected chi connectivity index (χ1v) is 4.00. The van der Waals surface area contributed by atoms with Crippen LogP contribution in [0.2, 0.25) is 0 Å². The number of anilines is 1. The van der Waals surface area contributed by atoms with Crippen LogP contribution >= 0.6 is 15.9 Å². The van der Waals surface area contributed by atoms with Crippen LogP contribution in [0.1, 0.15) is 0 Å². The highest BCUT2D eigenvalue weighted by molar-refractivity contribution is 9.18. The van der Waals surface area contributed by atoms with E-state index in [1.54, 1.807) is 0 Å². The summed E-state index contributed by atoms with van der Waals surface area (Å²) in [7, 11) is 0. The van der Waals surface area contributed by atoms with Crippen molar-refractivity contribution in [3.05, 3.63) is 20.2 Å². The molecule has 0 saturated heterocycles. The van der Waals surface area contributed by atoms with Crippen molar-refractivity contribution >= 4 is 32.6 Å². The quantitative estimate of drug-likeness (QED) is 0.261. The van der Waals surface area contributed by atoms with Gasteiger partial charge < -0.3 is 20.2 Å². The number of rotatable bonds is 3. The van der Waals surface area contributed by atoms with Crippen molar-refractivity contribution in [1.82, 2.24) is 15.2 Å². The summed E-state index contributed by atoms with van der Waals surface area (Å²) in [6.45, 7) is 0. The summed E-state index contributed by atoms with van der Waals surface area (Å²) in [6.07, 6.45) is 0. The Morgan fingerprint density at radius 3 is 2.67 bits per heavy atom. The lowest BCUT2D eigenvalue weighted by Crippen LogP contribution is -2.06. The largest absolute Gasteiger partial charge is 0.492 e. The number of nitro groups is 2. The van der Waals surface area contributed by atoms with Gasteiger partial charge in [0.1, 0.15) is 0 Å². The third-order valence-electron chi connectivity index (χ3n) is 1.04. The number of aromatic nitrogens is 3. The maximum Gasteiger partial charge on any atom is 0.492 e. The molecule has 1 aromatic heterocycles. The molecule has 0 aliphatic heterocycles. The van der Waals surface area contributed by atoms with E-state index >= 15 is 0 Å². The Labute approximate surface area is 89.0 Å². The van der Waals surface area contributed by atoms with E-state index in [1.165, 1.54) is 0 Å². The molecule has 0 spiro atoms. The molecular weight excluding hydrogens is 278 g/mol. The van der Waals surface area contributed by atoms with E-state index in [-0.39, 0.29) is 5.95 Å². The predicted octanol–water partition coefficient (Wildman–Crippen LogP) is 0.0674. The number of halogens is 1. The SMILES string of the molecule is O=[N+]([O-])C(Br)=NNc1nc([N+](=O)[O-])n[nH]1. The molecule has 80 valence electrons. The third kappa shape index (κ3) is 2.94. The van der Waals surface area contributed by atoms with Crippen LogP contribution in [0, 0.1) is 20.2 Å². The summed E-state index contributed by atoms with van der Waals surface area (Å²) in [5.74, 6) is -0.842. The number of H-pyrrole nitrogens is 1. The predicted molar refractivity (Wildman–Crippen MR) is 50.0 cm³/mol. The number of hydrogen-bond acceptors (Lipinski definition) is 8. The second kappa shape index (κ2) is 4.41. The van der Waals surface area contributed by atoms with Crippen LogP contribution in [0.5, 0.6) is 0 Å². The second-order valence-electron chi connectivity index (χ2n) is 1.99. The number of nitrogens with zero attached hydrogens (tertiary/aromatic N) is 5. The Morgan fingerprint density at radius 1 is 1.53 bits per heavy atom. The molecule has 12 heteroatoms. The molecule has 15 heavy (non-hydrogen) atoms. The van der Waals surface area contributed by atoms with E-state index in [0.29, 0.717) is 0 Å². The number of hydrazone groups is 1. The summed E-state index contributed by atoms with van der Waals surface area (Å²) < 4.78 is -0.596. The van der Waals surface area contributed by atoms with Crippen LogP contribution in [0.4, 0.5) is 11.9 Å². The summed E-state index contributed by atoms with van der Waals surface area (Å²) in [5, 5.41) is 28.7. The van der Waals surface area contributed by atoms with Crippen molar-refractivity contribution in [2.75, 3.05) is 5.43 Å². The second-order valence-corrected chi connectivity index (χ2v) is 2.70. The average Bonchev–Trinajstić information content (AvgIpc) is 2.62. The van der Waals surface area contributed by atoms with E-state index < -0.39 is 20.5 Å². The van der Waals surface area contributed by atoms with Gasteiger partial charge in [-0.2, -0.15) is 5.10 Å². The zero-order valence-corrected chi connectivity index (χ0v) is 8.33. The number of hydrogen-bond donors (Lipinski definition) is 2. The molecule has 0 fully saturated rings. The van der Waals surface area contributed by atoms with Gasteiger partial charge in [0, 0.05) is 5.10 Å². The molecule has 0 aliphatic rings. The zero-order chi connectivity index (χ0) is 11.4. The van der Waals surface area contributed by atoms with Crippen LogP contribution in [0.15, 0.2) is 5.10 Å². The maximum absolute atomic E-state index is 10.1. The van der Waals surface area contributed by atoms with Crippen LogP contribution in [-0.2, 0) is 0 Å². The molecule has 1 rings (SSSR count). The standard InChI is InChI=1S/C3H2BrN7O4/c4-1(10(12)13)6-7-2-5-3(9-8-2)11(14)15/h(H2,5,7,8,9). The van der Waals surface area contributed by atoms with Gasteiger partial charge in [0.25, 0.3) is 0 Å². The first-order valence-electron chi connectivity index (χ1n) is 3.21. The smallest absolute Gasteiger partial charge is 0.390 e. The lowest BCUT2D eigenvalue weighted by molar-refractivity contribution is -0.394. The summed E-state index contributed by atoms with van der Waals surface area (Å²) in [5.41, 5.74) is 2.07. The molecule has 1 aromatic rings. The Balaban J connectivity index is 2.70. The minimum atomic E-state index is -0.825. The third-order valence-corrected chi connectivity index (χ3v) is 1.51. The first kappa shape index (κ1) is 11.0. The molecule has 11 nitrogen and oxygen atoms in total. The van der Waals surface area contributed by atoms with Crippen molar-refractivity contribution < 1.29 is 9.85 Å². The van der Waals surface area contributed by atoms with Gasteiger partial charge in [-0.25, -0.2) is 0 Å². The monoisotopic (exact) mass is 279 g/mol. The average molecular weight is 280 g/mol. The topological polar surface area (TPSA) is 152 Å².